The van der Waals surface area contributed by atoms with E-state index in [0.717, 1.165) is 0 Å². The van der Waals surface area contributed by atoms with Crippen LogP contribution >= 0.6 is 0 Å². The third-order valence-electron chi connectivity index (χ3n) is 11.5. The minimum atomic E-state index is -2.05. The fourth-order valence-corrected chi connectivity index (χ4v) is 13.1. The Morgan fingerprint density at radius 1 is 0.551 bits per heavy atom. The van der Waals surface area contributed by atoms with Crippen LogP contribution in [0.15, 0.2) is 91.0 Å². The molecule has 3 aliphatic heterocycles. The Hall–Kier alpha value is -3.80. The number of hydrogen-bond acceptors (Lipinski definition) is 2. The molecule has 0 aliphatic carbocycles. The fourth-order valence-electron chi connectivity index (χ4n) is 8.73. The van der Waals surface area contributed by atoms with Gasteiger partial charge in [0, 0.05) is 34.1 Å². The van der Waals surface area contributed by atoms with Gasteiger partial charge in [0.05, 0.1) is 8.07 Å². The van der Waals surface area contributed by atoms with Gasteiger partial charge in [0.1, 0.15) is 8.07 Å². The number of rotatable bonds is 3. The van der Waals surface area contributed by atoms with Crippen molar-refractivity contribution in [2.24, 2.45) is 0 Å². The molecule has 0 saturated heterocycles. The highest BCUT2D eigenvalue weighted by Gasteiger charge is 2.51. The van der Waals surface area contributed by atoms with Crippen molar-refractivity contribution in [3.05, 3.63) is 108 Å². The van der Waals surface area contributed by atoms with Crippen molar-refractivity contribution < 1.29 is 0 Å². The van der Waals surface area contributed by atoms with Crippen LogP contribution in [-0.4, -0.2) is 22.9 Å². The minimum absolute atomic E-state index is 0.0259. The van der Waals surface area contributed by atoms with Gasteiger partial charge in [-0.1, -0.05) is 132 Å². The second kappa shape index (κ2) is 10.4. The monoisotopic (exact) mass is 674 g/mol. The van der Waals surface area contributed by atoms with Gasteiger partial charge < -0.3 is 9.80 Å². The lowest BCUT2D eigenvalue weighted by Crippen LogP contribution is -2.79. The first kappa shape index (κ1) is 32.4. The van der Waals surface area contributed by atoms with E-state index in [-0.39, 0.29) is 17.5 Å². The highest BCUT2D eigenvalue weighted by atomic mass is 28.3. The van der Waals surface area contributed by atoms with Crippen molar-refractivity contribution in [2.45, 2.75) is 92.0 Å². The van der Waals surface area contributed by atoms with Crippen LogP contribution in [0.3, 0.4) is 0 Å². The molecule has 5 aromatic carbocycles. The normalized spacial score (nSPS) is 15.8. The highest BCUT2D eigenvalue weighted by molar-refractivity contribution is 7.16. The molecule has 5 heteroatoms. The third kappa shape index (κ3) is 4.79. The second-order valence-corrected chi connectivity index (χ2v) is 27.9. The SMILES string of the molecule is Cc1cc2c3c(c1)N(c1cc(C(C)(C)C)cc(C(C)(C)C)c1)c1cccc4c1B3c1c(cccc1[Si]4(C)C)N2c1ccc([Si](C)(C)C)cc1. The van der Waals surface area contributed by atoms with Crippen LogP contribution in [0.25, 0.3) is 0 Å². The van der Waals surface area contributed by atoms with Crippen LogP contribution in [0.2, 0.25) is 32.7 Å². The van der Waals surface area contributed by atoms with Crippen LogP contribution in [0.1, 0.15) is 58.2 Å². The van der Waals surface area contributed by atoms with E-state index in [1.54, 1.807) is 10.4 Å². The number of hydrogen-bond donors (Lipinski definition) is 0. The lowest BCUT2D eigenvalue weighted by molar-refractivity contribution is 0.569. The molecular weight excluding hydrogens is 623 g/mol. The Labute approximate surface area is 297 Å². The van der Waals surface area contributed by atoms with E-state index in [1.807, 2.05) is 0 Å². The van der Waals surface area contributed by atoms with Gasteiger partial charge in [0.25, 0.3) is 6.71 Å². The summed E-state index contributed by atoms with van der Waals surface area (Å²) in [6, 6.07) is 36.3. The van der Waals surface area contributed by atoms with E-state index in [2.05, 4.69) is 182 Å². The summed E-state index contributed by atoms with van der Waals surface area (Å²) >= 11 is 0. The van der Waals surface area contributed by atoms with Crippen LogP contribution in [0, 0.1) is 6.92 Å². The molecule has 0 bridgehead atoms. The van der Waals surface area contributed by atoms with Gasteiger partial charge in [-0.2, -0.15) is 0 Å². The molecule has 0 amide bonds. The van der Waals surface area contributed by atoms with Gasteiger partial charge in [-0.3, -0.25) is 0 Å². The first-order valence-corrected chi connectivity index (χ1v) is 24.7. The van der Waals surface area contributed by atoms with Gasteiger partial charge >= 0.3 is 0 Å². The Morgan fingerprint density at radius 2 is 1.02 bits per heavy atom. The first-order valence-electron chi connectivity index (χ1n) is 18.2. The molecule has 248 valence electrons. The molecule has 0 fully saturated rings. The maximum absolute atomic E-state index is 2.64. The maximum Gasteiger partial charge on any atom is 0.251 e. The zero-order chi connectivity index (χ0) is 35.0. The number of aryl methyl sites for hydroxylation is 1. The molecular formula is C44H51BN2Si2. The van der Waals surface area contributed by atoms with Gasteiger partial charge in [0.15, 0.2) is 0 Å². The van der Waals surface area contributed by atoms with Crippen molar-refractivity contribution in [1.82, 2.24) is 0 Å². The van der Waals surface area contributed by atoms with E-state index >= 15 is 0 Å². The van der Waals surface area contributed by atoms with Crippen molar-refractivity contribution >= 4 is 88.9 Å². The molecule has 5 aromatic rings. The lowest BCUT2D eigenvalue weighted by Gasteiger charge is -2.50. The Kier molecular flexibility index (Phi) is 6.86. The Bertz CT molecular complexity index is 2150. The first-order chi connectivity index (χ1) is 22.9. The molecule has 8 rings (SSSR count). The molecule has 0 N–H and O–H groups in total. The molecule has 0 saturated carbocycles. The number of benzene rings is 5. The van der Waals surface area contributed by atoms with Crippen LogP contribution in [0.4, 0.5) is 34.1 Å². The van der Waals surface area contributed by atoms with E-state index in [9.17, 15) is 0 Å². The summed E-state index contributed by atoms with van der Waals surface area (Å²) in [5, 5.41) is 4.66. The molecule has 0 spiro atoms. The maximum atomic E-state index is 2.64. The number of nitrogens with zero attached hydrogens (tertiary/aromatic N) is 2. The van der Waals surface area contributed by atoms with Crippen LogP contribution < -0.4 is 41.7 Å². The largest absolute Gasteiger partial charge is 0.311 e. The van der Waals surface area contributed by atoms with Crippen molar-refractivity contribution in [3.63, 3.8) is 0 Å². The molecule has 3 heterocycles. The van der Waals surface area contributed by atoms with E-state index in [0.29, 0.717) is 0 Å². The minimum Gasteiger partial charge on any atom is -0.311 e. The smallest absolute Gasteiger partial charge is 0.251 e. The molecule has 49 heavy (non-hydrogen) atoms. The molecule has 2 nitrogen and oxygen atoms in total. The van der Waals surface area contributed by atoms with Gasteiger partial charge in [0.2, 0.25) is 0 Å². The highest BCUT2D eigenvalue weighted by Crippen LogP contribution is 2.46. The molecule has 0 aromatic heterocycles. The predicted octanol–water partition coefficient (Wildman–Crippen LogP) is 8.35. The van der Waals surface area contributed by atoms with E-state index < -0.39 is 16.1 Å². The van der Waals surface area contributed by atoms with E-state index in [4.69, 9.17) is 0 Å². The van der Waals surface area contributed by atoms with Crippen LogP contribution in [-0.2, 0) is 10.8 Å². The van der Waals surface area contributed by atoms with Gasteiger partial charge in [-0.15, -0.1) is 0 Å². The van der Waals surface area contributed by atoms with Crippen molar-refractivity contribution in [2.75, 3.05) is 9.80 Å². The third-order valence-corrected chi connectivity index (χ3v) is 17.2. The number of anilines is 6. The average molecular weight is 675 g/mol. The lowest BCUT2D eigenvalue weighted by atomic mass is 9.33. The standard InChI is InChI=1S/C44H51BN2Si2/c1-28-23-36-40-37(24-28)47(32-26-29(43(2,3)4)25-30(27-32)44(5,6)7)35-16-14-18-39-42(35)45(40)41-34(15-13-17-38(41)49(39,11)12)46(36)31-19-21-33(22-20-31)48(8,9)10/h13-27H,1-12H3. The molecule has 0 unspecified atom stereocenters. The Morgan fingerprint density at radius 3 is 1.47 bits per heavy atom. The summed E-state index contributed by atoms with van der Waals surface area (Å²) < 4.78 is 0. The molecule has 3 aliphatic rings. The average Bonchev–Trinajstić information content (AvgIpc) is 3.02. The Balaban J connectivity index is 1.48. The van der Waals surface area contributed by atoms with Crippen molar-refractivity contribution in [1.29, 1.82) is 0 Å². The molecule has 0 radical (unpaired) electrons. The summed E-state index contributed by atoms with van der Waals surface area (Å²) in [5.41, 5.74) is 16.5. The van der Waals surface area contributed by atoms with E-state index in [1.165, 1.54) is 72.4 Å². The topological polar surface area (TPSA) is 6.48 Å². The summed E-state index contributed by atoms with van der Waals surface area (Å²) in [4.78, 5) is 5.24. The zero-order valence-corrected chi connectivity index (χ0v) is 33.6. The van der Waals surface area contributed by atoms with Crippen molar-refractivity contribution in [3.8, 4) is 0 Å². The van der Waals surface area contributed by atoms with Gasteiger partial charge in [-0.05, 0) is 99.4 Å². The van der Waals surface area contributed by atoms with Crippen LogP contribution in [0.5, 0.6) is 0 Å². The fraction of sp³-hybridized carbons (Fsp3) is 0.318. The molecule has 0 atom stereocenters. The second-order valence-electron chi connectivity index (χ2n) is 18.5. The summed E-state index contributed by atoms with van der Waals surface area (Å²) in [7, 11) is -3.48. The zero-order valence-electron chi connectivity index (χ0n) is 31.6. The predicted molar refractivity (Wildman–Crippen MR) is 222 cm³/mol. The summed E-state index contributed by atoms with van der Waals surface area (Å²) in [6.45, 7) is 29.0. The summed E-state index contributed by atoms with van der Waals surface area (Å²) in [5.74, 6) is 0. The van der Waals surface area contributed by atoms with Gasteiger partial charge in [-0.25, -0.2) is 0 Å². The summed E-state index contributed by atoms with van der Waals surface area (Å²) in [6.07, 6.45) is 0. The quantitative estimate of drug-likeness (QED) is 0.174.